The van der Waals surface area contributed by atoms with Crippen LogP contribution in [0.25, 0.3) is 10.8 Å². The first-order valence-corrected chi connectivity index (χ1v) is 10.3. The molecule has 154 valence electrons. The number of fused-ring (bicyclic) bond motifs is 1. The fourth-order valence-corrected chi connectivity index (χ4v) is 3.91. The van der Waals surface area contributed by atoms with Crippen molar-refractivity contribution < 1.29 is 4.74 Å². The molecule has 1 aromatic heterocycles. The van der Waals surface area contributed by atoms with Crippen molar-refractivity contribution in [1.29, 1.82) is 5.26 Å². The molecule has 0 saturated heterocycles. The first kappa shape index (κ1) is 20.6. The third kappa shape index (κ3) is 4.16. The lowest BCUT2D eigenvalue weighted by Gasteiger charge is -2.14. The van der Waals surface area contributed by atoms with Crippen LogP contribution in [0.3, 0.4) is 0 Å². The Morgan fingerprint density at radius 1 is 1.10 bits per heavy atom. The number of hydrogen-bond acceptors (Lipinski definition) is 4. The maximum Gasteiger partial charge on any atom is 0.273 e. The number of ether oxygens (including phenoxy) is 1. The highest BCUT2D eigenvalue weighted by atomic mass is 35.5. The number of aromatic nitrogens is 2. The van der Waals surface area contributed by atoms with E-state index in [0.29, 0.717) is 17.9 Å². The lowest BCUT2D eigenvalue weighted by atomic mass is 9.93. The van der Waals surface area contributed by atoms with E-state index in [2.05, 4.69) is 11.2 Å². The number of halogens is 1. The van der Waals surface area contributed by atoms with Crippen LogP contribution in [0, 0.1) is 11.3 Å². The number of nitrogens with zero attached hydrogens (tertiary/aromatic N) is 3. The van der Waals surface area contributed by atoms with Crippen LogP contribution in [0.4, 0.5) is 0 Å². The molecule has 0 aliphatic carbocycles. The first-order chi connectivity index (χ1) is 15.1. The molecule has 0 N–H and O–H groups in total. The Morgan fingerprint density at radius 3 is 2.58 bits per heavy atom. The average molecular weight is 430 g/mol. The van der Waals surface area contributed by atoms with Crippen molar-refractivity contribution in [2.45, 2.75) is 19.4 Å². The van der Waals surface area contributed by atoms with Crippen molar-refractivity contribution in [3.05, 3.63) is 105 Å². The van der Waals surface area contributed by atoms with Gasteiger partial charge >= 0.3 is 0 Å². The molecule has 1 heterocycles. The third-order valence-corrected chi connectivity index (χ3v) is 5.48. The van der Waals surface area contributed by atoms with Crippen LogP contribution in [0.2, 0.25) is 5.02 Å². The van der Waals surface area contributed by atoms with Crippen LogP contribution in [-0.2, 0) is 6.54 Å². The van der Waals surface area contributed by atoms with E-state index in [1.54, 1.807) is 24.3 Å². The van der Waals surface area contributed by atoms with E-state index in [0.717, 1.165) is 16.3 Å². The quantitative estimate of drug-likeness (QED) is 0.425. The number of nitriles is 1. The lowest BCUT2D eigenvalue weighted by molar-refractivity contribution is 0.340. The summed E-state index contributed by atoms with van der Waals surface area (Å²) in [6.07, 6.45) is 1.43. The summed E-state index contributed by atoms with van der Waals surface area (Å²) in [6, 6.07) is 23.3. The smallest absolute Gasteiger partial charge is 0.273 e. The molecule has 4 aromatic rings. The van der Waals surface area contributed by atoms with E-state index in [1.807, 2.05) is 49.4 Å². The van der Waals surface area contributed by atoms with E-state index < -0.39 is 5.92 Å². The van der Waals surface area contributed by atoms with Gasteiger partial charge in [-0.2, -0.15) is 10.4 Å². The highest BCUT2D eigenvalue weighted by Gasteiger charge is 2.22. The van der Waals surface area contributed by atoms with Gasteiger partial charge < -0.3 is 4.74 Å². The summed E-state index contributed by atoms with van der Waals surface area (Å²) in [5.41, 5.74) is 1.49. The fraction of sp³-hybridized carbons (Fsp3) is 0.160. The van der Waals surface area contributed by atoms with Crippen molar-refractivity contribution in [2.75, 3.05) is 6.61 Å². The number of benzene rings is 3. The van der Waals surface area contributed by atoms with Crippen LogP contribution in [0.5, 0.6) is 5.75 Å². The maximum absolute atomic E-state index is 13.3. The molecular formula is C25H20ClN3O2. The van der Waals surface area contributed by atoms with Gasteiger partial charge in [0.25, 0.3) is 5.56 Å². The van der Waals surface area contributed by atoms with Gasteiger partial charge in [-0.05, 0) is 41.0 Å². The molecule has 0 spiro atoms. The number of rotatable bonds is 6. The monoisotopic (exact) mass is 429 g/mol. The highest BCUT2D eigenvalue weighted by molar-refractivity contribution is 6.31. The van der Waals surface area contributed by atoms with Gasteiger partial charge in [0.15, 0.2) is 0 Å². The van der Waals surface area contributed by atoms with E-state index in [1.165, 1.54) is 10.9 Å². The Kier molecular flexibility index (Phi) is 6.01. The van der Waals surface area contributed by atoms with E-state index >= 15 is 0 Å². The highest BCUT2D eigenvalue weighted by Crippen LogP contribution is 2.28. The zero-order chi connectivity index (χ0) is 21.8. The van der Waals surface area contributed by atoms with Gasteiger partial charge in [-0.15, -0.1) is 0 Å². The SMILES string of the molecule is CCOc1ccc(C(C#N)c2c(Cl)cnn(Cc3cccc4ccccc34)c2=O)cc1. The molecule has 0 fully saturated rings. The second-order valence-corrected chi connectivity index (χ2v) is 7.48. The van der Waals surface area contributed by atoms with Gasteiger partial charge in [-0.1, -0.05) is 66.2 Å². The van der Waals surface area contributed by atoms with Crippen LogP contribution < -0.4 is 10.3 Å². The van der Waals surface area contributed by atoms with Gasteiger partial charge in [0, 0.05) is 0 Å². The zero-order valence-corrected chi connectivity index (χ0v) is 17.7. The van der Waals surface area contributed by atoms with Gasteiger partial charge in [-0.3, -0.25) is 4.79 Å². The largest absolute Gasteiger partial charge is 0.494 e. The Labute approximate surface area is 185 Å². The second kappa shape index (κ2) is 9.03. The van der Waals surface area contributed by atoms with E-state index in [4.69, 9.17) is 16.3 Å². The molecule has 0 aliphatic rings. The van der Waals surface area contributed by atoms with Crippen LogP contribution in [0.15, 0.2) is 77.7 Å². The van der Waals surface area contributed by atoms with Crippen LogP contribution in [-0.4, -0.2) is 16.4 Å². The van der Waals surface area contributed by atoms with Crippen molar-refractivity contribution >= 4 is 22.4 Å². The molecule has 1 unspecified atom stereocenters. The Morgan fingerprint density at radius 2 is 1.84 bits per heavy atom. The molecule has 0 saturated carbocycles. The Bertz CT molecular complexity index is 1320. The summed E-state index contributed by atoms with van der Waals surface area (Å²) >= 11 is 6.35. The van der Waals surface area contributed by atoms with Gasteiger partial charge in [0.1, 0.15) is 11.7 Å². The van der Waals surface area contributed by atoms with Crippen molar-refractivity contribution in [1.82, 2.24) is 9.78 Å². The number of hydrogen-bond donors (Lipinski definition) is 0. The molecule has 1 atom stereocenters. The van der Waals surface area contributed by atoms with Crippen molar-refractivity contribution in [3.63, 3.8) is 0 Å². The predicted octanol–water partition coefficient (Wildman–Crippen LogP) is 5.15. The van der Waals surface area contributed by atoms with Crippen LogP contribution in [0.1, 0.15) is 29.5 Å². The first-order valence-electron chi connectivity index (χ1n) is 9.97. The summed E-state index contributed by atoms with van der Waals surface area (Å²) in [7, 11) is 0. The van der Waals surface area contributed by atoms with Crippen molar-refractivity contribution in [3.8, 4) is 11.8 Å². The molecule has 6 heteroatoms. The molecule has 31 heavy (non-hydrogen) atoms. The van der Waals surface area contributed by atoms with Crippen molar-refractivity contribution in [2.24, 2.45) is 0 Å². The van der Waals surface area contributed by atoms with Gasteiger partial charge in [0.2, 0.25) is 0 Å². The average Bonchev–Trinajstić information content (AvgIpc) is 2.80. The summed E-state index contributed by atoms with van der Waals surface area (Å²) in [5, 5.41) is 16.4. The third-order valence-electron chi connectivity index (χ3n) is 5.17. The molecular weight excluding hydrogens is 410 g/mol. The second-order valence-electron chi connectivity index (χ2n) is 7.07. The molecule has 0 radical (unpaired) electrons. The zero-order valence-electron chi connectivity index (χ0n) is 17.0. The molecule has 0 aliphatic heterocycles. The summed E-state index contributed by atoms with van der Waals surface area (Å²) in [4.78, 5) is 13.3. The van der Waals surface area contributed by atoms with Gasteiger partial charge in [-0.25, -0.2) is 4.68 Å². The molecule has 0 bridgehead atoms. The minimum absolute atomic E-state index is 0.180. The minimum Gasteiger partial charge on any atom is -0.494 e. The van der Waals surface area contributed by atoms with E-state index in [-0.39, 0.29) is 22.7 Å². The normalized spacial score (nSPS) is 11.8. The predicted molar refractivity (Wildman–Crippen MR) is 122 cm³/mol. The topological polar surface area (TPSA) is 67.9 Å². The molecule has 5 nitrogen and oxygen atoms in total. The Balaban J connectivity index is 1.75. The summed E-state index contributed by atoms with van der Waals surface area (Å²) in [6.45, 7) is 2.74. The molecule has 0 amide bonds. The molecule has 4 rings (SSSR count). The standard InChI is InChI=1S/C25H20ClN3O2/c1-2-31-20-12-10-18(11-13-20)22(14-27)24-23(26)15-28-29(25(24)30)16-19-8-5-7-17-6-3-4-9-21(17)19/h3-13,15,22H,2,16H2,1H3. The lowest BCUT2D eigenvalue weighted by Crippen LogP contribution is -2.28. The minimum atomic E-state index is -0.808. The van der Waals surface area contributed by atoms with Crippen LogP contribution >= 0.6 is 11.6 Å². The van der Waals surface area contributed by atoms with E-state index in [9.17, 15) is 10.1 Å². The Hall–Kier alpha value is -3.62. The summed E-state index contributed by atoms with van der Waals surface area (Å²) in [5.74, 6) is -0.102. The molecule has 3 aromatic carbocycles. The maximum atomic E-state index is 13.3. The van der Waals surface area contributed by atoms with Gasteiger partial charge in [0.05, 0.1) is 36.0 Å². The summed E-state index contributed by atoms with van der Waals surface area (Å²) < 4.78 is 6.83. The fourth-order valence-electron chi connectivity index (χ4n) is 3.68.